The van der Waals surface area contributed by atoms with Gasteiger partial charge in [0, 0.05) is 11.6 Å². The lowest BCUT2D eigenvalue weighted by Gasteiger charge is -2.13. The second-order valence-electron chi connectivity index (χ2n) is 5.28. The molecule has 0 saturated heterocycles. The van der Waals surface area contributed by atoms with E-state index in [9.17, 15) is 4.79 Å². The number of nitrogens with zero attached hydrogens (tertiary/aromatic N) is 1. The van der Waals surface area contributed by atoms with Crippen molar-refractivity contribution in [1.29, 1.82) is 0 Å². The summed E-state index contributed by atoms with van der Waals surface area (Å²) in [6, 6.07) is 12.3. The molecule has 1 unspecified atom stereocenters. The molecule has 1 atom stereocenters. The van der Waals surface area contributed by atoms with Crippen LogP contribution in [0.15, 0.2) is 47.6 Å². The molecular weight excluding hydrogens is 336 g/mol. The summed E-state index contributed by atoms with van der Waals surface area (Å²) in [6.45, 7) is 1.64. The van der Waals surface area contributed by atoms with Crippen molar-refractivity contribution >= 4 is 12.1 Å². The summed E-state index contributed by atoms with van der Waals surface area (Å²) < 4.78 is 21.1. The standard InChI is InChI=1S/C19H22N2O5/c1-13(26-17-7-5-6-15(11-17)23-2)19(22)21-20-12-14-10-16(24-3)8-9-18(14)25-4/h5-13H,1-4H3,(H,21,22)/b20-12+. The highest BCUT2D eigenvalue weighted by Crippen LogP contribution is 2.22. The molecule has 7 nitrogen and oxygen atoms in total. The zero-order valence-corrected chi connectivity index (χ0v) is 15.2. The molecule has 0 heterocycles. The number of hydrazone groups is 1. The van der Waals surface area contributed by atoms with Crippen molar-refractivity contribution in [2.24, 2.45) is 5.10 Å². The first kappa shape index (κ1) is 19.1. The number of hydrogen-bond acceptors (Lipinski definition) is 6. The van der Waals surface area contributed by atoms with Gasteiger partial charge in [-0.1, -0.05) is 6.07 Å². The normalized spacial score (nSPS) is 11.7. The third-order valence-electron chi connectivity index (χ3n) is 3.54. The highest BCUT2D eigenvalue weighted by Gasteiger charge is 2.14. The van der Waals surface area contributed by atoms with E-state index in [2.05, 4.69) is 10.5 Å². The Labute approximate surface area is 152 Å². The summed E-state index contributed by atoms with van der Waals surface area (Å²) in [5, 5.41) is 3.96. The monoisotopic (exact) mass is 358 g/mol. The lowest BCUT2D eigenvalue weighted by atomic mass is 10.2. The van der Waals surface area contributed by atoms with Crippen molar-refractivity contribution < 1.29 is 23.7 Å². The van der Waals surface area contributed by atoms with Crippen molar-refractivity contribution in [3.05, 3.63) is 48.0 Å². The summed E-state index contributed by atoms with van der Waals surface area (Å²) in [5.41, 5.74) is 3.12. The molecule has 0 aliphatic rings. The van der Waals surface area contributed by atoms with E-state index in [0.29, 0.717) is 28.6 Å². The topological polar surface area (TPSA) is 78.4 Å². The SMILES string of the molecule is COc1cccc(OC(C)C(=O)N/N=C/c2cc(OC)ccc2OC)c1. The molecule has 2 rings (SSSR count). The van der Waals surface area contributed by atoms with Crippen LogP contribution in [0.25, 0.3) is 0 Å². The Bertz CT molecular complexity index is 776. The van der Waals surface area contributed by atoms with E-state index in [1.165, 1.54) is 6.21 Å². The van der Waals surface area contributed by atoms with Crippen LogP contribution in [-0.4, -0.2) is 39.6 Å². The van der Waals surface area contributed by atoms with Crippen LogP contribution in [-0.2, 0) is 4.79 Å². The minimum Gasteiger partial charge on any atom is -0.497 e. The van der Waals surface area contributed by atoms with E-state index >= 15 is 0 Å². The van der Waals surface area contributed by atoms with Gasteiger partial charge in [-0.3, -0.25) is 4.79 Å². The van der Waals surface area contributed by atoms with Gasteiger partial charge in [-0.25, -0.2) is 5.43 Å². The van der Waals surface area contributed by atoms with Crippen LogP contribution in [0.5, 0.6) is 23.0 Å². The van der Waals surface area contributed by atoms with E-state index in [4.69, 9.17) is 18.9 Å². The van der Waals surface area contributed by atoms with Crippen molar-refractivity contribution in [2.45, 2.75) is 13.0 Å². The molecular formula is C19H22N2O5. The summed E-state index contributed by atoms with van der Waals surface area (Å²) in [4.78, 5) is 12.1. The summed E-state index contributed by atoms with van der Waals surface area (Å²) in [5.74, 6) is 2.08. The van der Waals surface area contributed by atoms with Gasteiger partial charge in [-0.05, 0) is 37.3 Å². The van der Waals surface area contributed by atoms with Crippen molar-refractivity contribution in [2.75, 3.05) is 21.3 Å². The first-order valence-electron chi connectivity index (χ1n) is 7.93. The maximum Gasteiger partial charge on any atom is 0.280 e. The third-order valence-corrected chi connectivity index (χ3v) is 3.54. The highest BCUT2D eigenvalue weighted by molar-refractivity contribution is 5.86. The smallest absolute Gasteiger partial charge is 0.280 e. The molecule has 2 aromatic carbocycles. The molecule has 1 amide bonds. The molecule has 0 spiro atoms. The fraction of sp³-hybridized carbons (Fsp3) is 0.263. The Kier molecular flexibility index (Phi) is 6.84. The predicted octanol–water partition coefficient (Wildman–Crippen LogP) is 2.63. The van der Waals surface area contributed by atoms with Gasteiger partial charge in [0.05, 0.1) is 27.5 Å². The van der Waals surface area contributed by atoms with Gasteiger partial charge in [0.15, 0.2) is 6.10 Å². The van der Waals surface area contributed by atoms with Crippen LogP contribution in [0.2, 0.25) is 0 Å². The second kappa shape index (κ2) is 9.31. The quantitative estimate of drug-likeness (QED) is 0.580. The molecule has 0 aromatic heterocycles. The third kappa shape index (κ3) is 5.14. The van der Waals surface area contributed by atoms with E-state index in [1.54, 1.807) is 70.7 Å². The zero-order valence-electron chi connectivity index (χ0n) is 15.2. The van der Waals surface area contributed by atoms with E-state index in [-0.39, 0.29) is 5.91 Å². The van der Waals surface area contributed by atoms with Gasteiger partial charge < -0.3 is 18.9 Å². The molecule has 0 radical (unpaired) electrons. The Morgan fingerprint density at radius 1 is 1.00 bits per heavy atom. The lowest BCUT2D eigenvalue weighted by molar-refractivity contribution is -0.127. The number of rotatable bonds is 8. The number of methoxy groups -OCH3 is 3. The number of nitrogens with one attached hydrogen (secondary N) is 1. The van der Waals surface area contributed by atoms with Crippen LogP contribution < -0.4 is 24.4 Å². The lowest BCUT2D eigenvalue weighted by Crippen LogP contribution is -2.33. The molecule has 1 N–H and O–H groups in total. The molecule has 0 bridgehead atoms. The zero-order chi connectivity index (χ0) is 18.9. The summed E-state index contributed by atoms with van der Waals surface area (Å²) in [6.07, 6.45) is 0.754. The highest BCUT2D eigenvalue weighted by atomic mass is 16.5. The van der Waals surface area contributed by atoms with Gasteiger partial charge in [-0.15, -0.1) is 0 Å². The average molecular weight is 358 g/mol. The van der Waals surface area contributed by atoms with Crippen LogP contribution in [0.3, 0.4) is 0 Å². The number of carbonyl (C=O) groups excluding carboxylic acids is 1. The minimum atomic E-state index is -0.730. The minimum absolute atomic E-state index is 0.383. The Morgan fingerprint density at radius 2 is 1.69 bits per heavy atom. The molecule has 7 heteroatoms. The maximum absolute atomic E-state index is 12.1. The van der Waals surface area contributed by atoms with Crippen molar-refractivity contribution in [1.82, 2.24) is 5.43 Å². The van der Waals surface area contributed by atoms with E-state index in [1.807, 2.05) is 0 Å². The average Bonchev–Trinajstić information content (AvgIpc) is 2.67. The van der Waals surface area contributed by atoms with E-state index in [0.717, 1.165) is 0 Å². The molecule has 2 aromatic rings. The van der Waals surface area contributed by atoms with Crippen LogP contribution in [0, 0.1) is 0 Å². The van der Waals surface area contributed by atoms with Gasteiger partial charge in [0.2, 0.25) is 0 Å². The van der Waals surface area contributed by atoms with Crippen LogP contribution in [0.1, 0.15) is 12.5 Å². The number of hydrogen-bond donors (Lipinski definition) is 1. The van der Waals surface area contributed by atoms with Crippen molar-refractivity contribution in [3.8, 4) is 23.0 Å². The molecule has 26 heavy (non-hydrogen) atoms. The van der Waals surface area contributed by atoms with Gasteiger partial charge >= 0.3 is 0 Å². The largest absolute Gasteiger partial charge is 0.497 e. The number of amides is 1. The molecule has 0 fully saturated rings. The van der Waals surface area contributed by atoms with Gasteiger partial charge in [0.25, 0.3) is 5.91 Å². The first-order chi connectivity index (χ1) is 12.6. The second-order valence-corrected chi connectivity index (χ2v) is 5.28. The fourth-order valence-corrected chi connectivity index (χ4v) is 2.13. The molecule has 0 aliphatic heterocycles. The van der Waals surface area contributed by atoms with Gasteiger partial charge in [-0.2, -0.15) is 5.10 Å². The Balaban J connectivity index is 1.97. The number of carbonyl (C=O) groups is 1. The van der Waals surface area contributed by atoms with Crippen LogP contribution >= 0.6 is 0 Å². The molecule has 0 aliphatic carbocycles. The summed E-state index contributed by atoms with van der Waals surface area (Å²) in [7, 11) is 4.70. The van der Waals surface area contributed by atoms with Crippen LogP contribution in [0.4, 0.5) is 0 Å². The fourth-order valence-electron chi connectivity index (χ4n) is 2.13. The number of benzene rings is 2. The number of ether oxygens (including phenoxy) is 4. The van der Waals surface area contributed by atoms with E-state index < -0.39 is 6.10 Å². The molecule has 138 valence electrons. The molecule has 0 saturated carbocycles. The van der Waals surface area contributed by atoms with Gasteiger partial charge in [0.1, 0.15) is 23.0 Å². The Morgan fingerprint density at radius 3 is 2.38 bits per heavy atom. The van der Waals surface area contributed by atoms with Crippen molar-refractivity contribution in [3.63, 3.8) is 0 Å². The first-order valence-corrected chi connectivity index (χ1v) is 7.93. The maximum atomic E-state index is 12.1. The predicted molar refractivity (Wildman–Crippen MR) is 98.4 cm³/mol. The Hall–Kier alpha value is -3.22. The summed E-state index contributed by atoms with van der Waals surface area (Å²) >= 11 is 0.